The van der Waals surface area contributed by atoms with Crippen LogP contribution >= 0.6 is 0 Å². The first kappa shape index (κ1) is 13.4. The summed E-state index contributed by atoms with van der Waals surface area (Å²) in [6.45, 7) is 10.8. The van der Waals surface area contributed by atoms with Crippen molar-refractivity contribution in [3.05, 3.63) is 0 Å². The predicted octanol–water partition coefficient (Wildman–Crippen LogP) is 2.89. The van der Waals surface area contributed by atoms with Crippen molar-refractivity contribution in [2.75, 3.05) is 19.6 Å². The molecule has 0 aromatic carbocycles. The fraction of sp³-hybridized carbons (Fsp3) is 1.00. The Labute approximate surface area is 107 Å². The van der Waals surface area contributed by atoms with E-state index < -0.39 is 0 Å². The standard InChI is InChI=1S/C15H30N2/c1-4-5-14-10-16-15(12(2)3)11-17(14)9-8-13-6-7-13/h12-16H,4-11H2,1-3H3. The zero-order valence-corrected chi connectivity index (χ0v) is 11.9. The zero-order chi connectivity index (χ0) is 12.3. The molecule has 2 aliphatic rings. The molecule has 17 heavy (non-hydrogen) atoms. The predicted molar refractivity (Wildman–Crippen MR) is 74.2 cm³/mol. The highest BCUT2D eigenvalue weighted by Gasteiger charge is 2.30. The van der Waals surface area contributed by atoms with Crippen LogP contribution in [-0.4, -0.2) is 36.6 Å². The molecule has 0 aromatic heterocycles. The van der Waals surface area contributed by atoms with Gasteiger partial charge < -0.3 is 5.32 Å². The van der Waals surface area contributed by atoms with Crippen LogP contribution < -0.4 is 5.32 Å². The number of hydrogen-bond acceptors (Lipinski definition) is 2. The van der Waals surface area contributed by atoms with Crippen molar-refractivity contribution >= 4 is 0 Å². The Morgan fingerprint density at radius 3 is 2.59 bits per heavy atom. The van der Waals surface area contributed by atoms with E-state index in [0.717, 1.165) is 17.9 Å². The van der Waals surface area contributed by atoms with E-state index in [1.165, 1.54) is 51.7 Å². The highest BCUT2D eigenvalue weighted by Crippen LogP contribution is 2.33. The highest BCUT2D eigenvalue weighted by molar-refractivity contribution is 4.88. The summed E-state index contributed by atoms with van der Waals surface area (Å²) in [5, 5.41) is 3.75. The molecular formula is C15H30N2. The van der Waals surface area contributed by atoms with Crippen LogP contribution in [0.4, 0.5) is 0 Å². The average Bonchev–Trinajstić information content (AvgIpc) is 3.11. The van der Waals surface area contributed by atoms with E-state index in [4.69, 9.17) is 0 Å². The molecule has 2 atom stereocenters. The molecule has 0 radical (unpaired) electrons. The van der Waals surface area contributed by atoms with E-state index in [1.807, 2.05) is 0 Å². The van der Waals surface area contributed by atoms with Gasteiger partial charge in [-0.2, -0.15) is 0 Å². The average molecular weight is 238 g/mol. The Morgan fingerprint density at radius 1 is 1.24 bits per heavy atom. The van der Waals surface area contributed by atoms with Crippen molar-refractivity contribution in [3.8, 4) is 0 Å². The smallest absolute Gasteiger partial charge is 0.0221 e. The third kappa shape index (κ3) is 3.96. The number of nitrogens with one attached hydrogen (secondary N) is 1. The maximum Gasteiger partial charge on any atom is 0.0221 e. The van der Waals surface area contributed by atoms with Crippen molar-refractivity contribution in [1.82, 2.24) is 10.2 Å². The first-order valence-corrected chi connectivity index (χ1v) is 7.68. The molecular weight excluding hydrogens is 208 g/mol. The minimum absolute atomic E-state index is 0.710. The largest absolute Gasteiger partial charge is 0.311 e. The monoisotopic (exact) mass is 238 g/mol. The van der Waals surface area contributed by atoms with Gasteiger partial charge in [-0.25, -0.2) is 0 Å². The van der Waals surface area contributed by atoms with Crippen LogP contribution in [0.3, 0.4) is 0 Å². The molecule has 1 aliphatic heterocycles. The highest BCUT2D eigenvalue weighted by atomic mass is 15.2. The van der Waals surface area contributed by atoms with Gasteiger partial charge in [0.2, 0.25) is 0 Å². The SMILES string of the molecule is CCCC1CNC(C(C)C)CN1CCC1CC1. The molecule has 0 amide bonds. The maximum atomic E-state index is 3.75. The molecule has 2 nitrogen and oxygen atoms in total. The summed E-state index contributed by atoms with van der Waals surface area (Å²) >= 11 is 0. The summed E-state index contributed by atoms with van der Waals surface area (Å²) in [4.78, 5) is 2.78. The summed E-state index contributed by atoms with van der Waals surface area (Å²) in [6, 6.07) is 1.51. The molecule has 2 heteroatoms. The second-order valence-corrected chi connectivity index (χ2v) is 6.43. The molecule has 1 heterocycles. The van der Waals surface area contributed by atoms with Gasteiger partial charge in [0.1, 0.15) is 0 Å². The minimum atomic E-state index is 0.710. The van der Waals surface area contributed by atoms with Crippen molar-refractivity contribution < 1.29 is 0 Å². The van der Waals surface area contributed by atoms with Gasteiger partial charge in [0.05, 0.1) is 0 Å². The van der Waals surface area contributed by atoms with Crippen LogP contribution in [0.25, 0.3) is 0 Å². The fourth-order valence-electron chi connectivity index (χ4n) is 2.98. The van der Waals surface area contributed by atoms with Crippen LogP contribution in [0, 0.1) is 11.8 Å². The first-order chi connectivity index (χ1) is 8.20. The van der Waals surface area contributed by atoms with Crippen LogP contribution in [0.15, 0.2) is 0 Å². The maximum absolute atomic E-state index is 3.75. The van der Waals surface area contributed by atoms with E-state index in [-0.39, 0.29) is 0 Å². The first-order valence-electron chi connectivity index (χ1n) is 7.68. The van der Waals surface area contributed by atoms with Crippen LogP contribution in [0.2, 0.25) is 0 Å². The summed E-state index contributed by atoms with van der Waals surface area (Å²) < 4.78 is 0. The zero-order valence-electron chi connectivity index (χ0n) is 11.9. The second-order valence-electron chi connectivity index (χ2n) is 6.43. The molecule has 1 saturated carbocycles. The van der Waals surface area contributed by atoms with Gasteiger partial charge in [0, 0.05) is 25.2 Å². The molecule has 0 spiro atoms. The van der Waals surface area contributed by atoms with Gasteiger partial charge >= 0.3 is 0 Å². The van der Waals surface area contributed by atoms with Crippen molar-refractivity contribution in [2.24, 2.45) is 11.8 Å². The lowest BCUT2D eigenvalue weighted by molar-refractivity contribution is 0.104. The van der Waals surface area contributed by atoms with Gasteiger partial charge in [-0.1, -0.05) is 40.0 Å². The Hall–Kier alpha value is -0.0800. The molecule has 2 rings (SSSR count). The lowest BCUT2D eigenvalue weighted by atomic mass is 9.97. The number of rotatable bonds is 6. The molecule has 0 bridgehead atoms. The van der Waals surface area contributed by atoms with Crippen molar-refractivity contribution in [1.29, 1.82) is 0 Å². The quantitative estimate of drug-likeness (QED) is 0.765. The van der Waals surface area contributed by atoms with E-state index in [2.05, 4.69) is 31.0 Å². The molecule has 2 unspecified atom stereocenters. The van der Waals surface area contributed by atoms with E-state index >= 15 is 0 Å². The molecule has 100 valence electrons. The molecule has 0 aromatic rings. The molecule has 1 aliphatic carbocycles. The third-order valence-corrected chi connectivity index (χ3v) is 4.51. The Balaban J connectivity index is 1.83. The number of hydrogen-bond donors (Lipinski definition) is 1. The van der Waals surface area contributed by atoms with Crippen molar-refractivity contribution in [3.63, 3.8) is 0 Å². The van der Waals surface area contributed by atoms with Crippen LogP contribution in [-0.2, 0) is 0 Å². The topological polar surface area (TPSA) is 15.3 Å². The third-order valence-electron chi connectivity index (χ3n) is 4.51. The lowest BCUT2D eigenvalue weighted by Crippen LogP contribution is -2.58. The minimum Gasteiger partial charge on any atom is -0.311 e. The Morgan fingerprint density at radius 2 is 2.00 bits per heavy atom. The van der Waals surface area contributed by atoms with Crippen LogP contribution in [0.1, 0.15) is 52.9 Å². The summed E-state index contributed by atoms with van der Waals surface area (Å²) in [7, 11) is 0. The van der Waals surface area contributed by atoms with E-state index in [0.29, 0.717) is 6.04 Å². The Bertz CT molecular complexity index is 223. The van der Waals surface area contributed by atoms with E-state index in [9.17, 15) is 0 Å². The summed E-state index contributed by atoms with van der Waals surface area (Å²) in [5.74, 6) is 1.84. The molecule has 1 N–H and O–H groups in total. The van der Waals surface area contributed by atoms with Crippen molar-refractivity contribution in [2.45, 2.75) is 65.0 Å². The Kier molecular flexibility index (Phi) is 4.87. The van der Waals surface area contributed by atoms with Gasteiger partial charge in [0.15, 0.2) is 0 Å². The summed E-state index contributed by atoms with van der Waals surface area (Å²) in [5.41, 5.74) is 0. The fourth-order valence-corrected chi connectivity index (χ4v) is 2.98. The summed E-state index contributed by atoms with van der Waals surface area (Å²) in [6.07, 6.45) is 7.13. The molecule has 2 fully saturated rings. The normalized spacial score (nSPS) is 31.1. The van der Waals surface area contributed by atoms with E-state index in [1.54, 1.807) is 0 Å². The van der Waals surface area contributed by atoms with Gasteiger partial charge in [-0.3, -0.25) is 4.90 Å². The van der Waals surface area contributed by atoms with Gasteiger partial charge in [0.25, 0.3) is 0 Å². The lowest BCUT2D eigenvalue weighted by Gasteiger charge is -2.42. The second kappa shape index (κ2) is 6.19. The van der Waals surface area contributed by atoms with Gasteiger partial charge in [-0.05, 0) is 31.2 Å². The number of piperazine rings is 1. The van der Waals surface area contributed by atoms with Gasteiger partial charge in [-0.15, -0.1) is 0 Å². The number of nitrogens with zero attached hydrogens (tertiary/aromatic N) is 1. The molecule has 1 saturated heterocycles. The van der Waals surface area contributed by atoms with Crippen LogP contribution in [0.5, 0.6) is 0 Å².